The van der Waals surface area contributed by atoms with E-state index in [1.807, 2.05) is 30.3 Å². The predicted octanol–water partition coefficient (Wildman–Crippen LogP) is 3.24. The maximum atomic E-state index is 13.0. The minimum absolute atomic E-state index is 0.0670. The molecule has 28 heavy (non-hydrogen) atoms. The van der Waals surface area contributed by atoms with Gasteiger partial charge < -0.3 is 14.8 Å². The first-order valence-corrected chi connectivity index (χ1v) is 9.86. The average Bonchev–Trinajstić information content (AvgIpc) is 3.21. The van der Waals surface area contributed by atoms with E-state index in [4.69, 9.17) is 9.47 Å². The zero-order chi connectivity index (χ0) is 19.5. The van der Waals surface area contributed by atoms with Gasteiger partial charge in [0.15, 0.2) is 0 Å². The second-order valence-electron chi connectivity index (χ2n) is 7.51. The molecule has 2 aromatic rings. The molecule has 2 aliphatic heterocycles. The maximum absolute atomic E-state index is 13.0. The number of hydrogen-bond donors (Lipinski definition) is 1. The number of hydrogen-bond acceptors (Lipinski definition) is 4. The van der Waals surface area contributed by atoms with Crippen molar-refractivity contribution in [2.24, 2.45) is 0 Å². The van der Waals surface area contributed by atoms with Crippen molar-refractivity contribution >= 4 is 12.2 Å². The Morgan fingerprint density at radius 2 is 1.93 bits per heavy atom. The summed E-state index contributed by atoms with van der Waals surface area (Å²) in [4.78, 5) is 23.9. The number of amides is 1. The van der Waals surface area contributed by atoms with Gasteiger partial charge in [0.2, 0.25) is 0 Å². The van der Waals surface area contributed by atoms with E-state index < -0.39 is 0 Å². The lowest BCUT2D eigenvalue weighted by atomic mass is 9.92. The molecule has 5 nitrogen and oxygen atoms in total. The minimum atomic E-state index is -0.0670. The van der Waals surface area contributed by atoms with Gasteiger partial charge in [0.25, 0.3) is 5.91 Å². The Hall–Kier alpha value is -2.66. The lowest BCUT2D eigenvalue weighted by molar-refractivity contribution is 0.0695. The summed E-state index contributed by atoms with van der Waals surface area (Å²) in [6, 6.07) is 9.71. The van der Waals surface area contributed by atoms with Crippen LogP contribution in [0.25, 0.3) is 0 Å². The van der Waals surface area contributed by atoms with Crippen molar-refractivity contribution < 1.29 is 19.1 Å². The van der Waals surface area contributed by atoms with Crippen LogP contribution in [0.5, 0.6) is 5.75 Å². The molecule has 2 aromatic carbocycles. The van der Waals surface area contributed by atoms with Crippen LogP contribution in [0, 0.1) is 6.92 Å². The van der Waals surface area contributed by atoms with Crippen LogP contribution in [0.3, 0.4) is 0 Å². The van der Waals surface area contributed by atoms with Gasteiger partial charge >= 0.3 is 0 Å². The molecule has 1 amide bonds. The number of fused-ring (bicyclic) bond motifs is 1. The highest BCUT2D eigenvalue weighted by Crippen LogP contribution is 2.35. The molecular weight excluding hydrogens is 354 g/mol. The topological polar surface area (TPSA) is 64.6 Å². The van der Waals surface area contributed by atoms with Gasteiger partial charge in [0, 0.05) is 36.8 Å². The molecule has 1 saturated heterocycles. The summed E-state index contributed by atoms with van der Waals surface area (Å²) in [5.74, 6) is 0.671. The maximum Gasteiger partial charge on any atom is 0.255 e. The zero-order valence-corrected chi connectivity index (χ0v) is 16.1. The van der Waals surface area contributed by atoms with Crippen LogP contribution < -0.4 is 10.1 Å². The van der Waals surface area contributed by atoms with Crippen molar-refractivity contribution in [3.63, 3.8) is 0 Å². The molecule has 0 unspecified atom stereocenters. The summed E-state index contributed by atoms with van der Waals surface area (Å²) >= 11 is 0. The number of aldehydes is 1. The van der Waals surface area contributed by atoms with Crippen LogP contribution >= 0.6 is 0 Å². The Labute approximate surface area is 165 Å². The molecule has 1 N–H and O–H groups in total. The number of ether oxygens (including phenoxy) is 2. The largest absolute Gasteiger partial charge is 0.492 e. The Balaban J connectivity index is 1.62. The van der Waals surface area contributed by atoms with Gasteiger partial charge in [-0.05, 0) is 48.9 Å². The second kappa shape index (κ2) is 8.15. The van der Waals surface area contributed by atoms with Crippen molar-refractivity contribution in [1.29, 1.82) is 0 Å². The molecule has 2 aliphatic rings. The fourth-order valence-electron chi connectivity index (χ4n) is 3.99. The molecule has 5 heteroatoms. The molecule has 0 spiro atoms. The van der Waals surface area contributed by atoms with E-state index in [2.05, 4.69) is 12.2 Å². The SMILES string of the molecule is Cc1c(Cc2ccc(C=O)cc2)cc(C(=O)NC2CCOCC2)c2c1CCO2. The Morgan fingerprint density at radius 3 is 2.64 bits per heavy atom. The smallest absolute Gasteiger partial charge is 0.255 e. The summed E-state index contributed by atoms with van der Waals surface area (Å²) in [6.07, 6.45) is 4.08. The Morgan fingerprint density at radius 1 is 1.18 bits per heavy atom. The van der Waals surface area contributed by atoms with Crippen molar-refractivity contribution in [2.45, 2.75) is 38.6 Å². The van der Waals surface area contributed by atoms with Crippen molar-refractivity contribution in [2.75, 3.05) is 19.8 Å². The molecule has 2 heterocycles. The van der Waals surface area contributed by atoms with Crippen LogP contribution in [0.1, 0.15) is 55.8 Å². The molecule has 0 aromatic heterocycles. The van der Waals surface area contributed by atoms with Gasteiger partial charge in [0.1, 0.15) is 12.0 Å². The zero-order valence-electron chi connectivity index (χ0n) is 16.1. The minimum Gasteiger partial charge on any atom is -0.492 e. The van der Waals surface area contributed by atoms with E-state index in [1.54, 1.807) is 0 Å². The van der Waals surface area contributed by atoms with Crippen molar-refractivity contribution in [3.05, 3.63) is 63.7 Å². The molecule has 0 atom stereocenters. The van der Waals surface area contributed by atoms with Crippen LogP contribution in [-0.2, 0) is 17.6 Å². The number of carbonyl (C=O) groups is 2. The Kier molecular flexibility index (Phi) is 5.44. The van der Waals surface area contributed by atoms with Gasteiger partial charge in [-0.15, -0.1) is 0 Å². The van der Waals surface area contributed by atoms with Gasteiger partial charge in [-0.3, -0.25) is 9.59 Å². The number of carbonyl (C=O) groups excluding carboxylic acids is 2. The molecule has 4 rings (SSSR count). The third-order valence-electron chi connectivity index (χ3n) is 5.68. The molecule has 0 saturated carbocycles. The van der Waals surface area contributed by atoms with Crippen molar-refractivity contribution in [1.82, 2.24) is 5.32 Å². The van der Waals surface area contributed by atoms with E-state index in [1.165, 1.54) is 5.56 Å². The van der Waals surface area contributed by atoms with Gasteiger partial charge in [-0.1, -0.05) is 24.3 Å². The molecule has 1 fully saturated rings. The first-order chi connectivity index (χ1) is 13.7. The lowest BCUT2D eigenvalue weighted by Crippen LogP contribution is -2.39. The highest BCUT2D eigenvalue weighted by Gasteiger charge is 2.26. The van der Waals surface area contributed by atoms with Crippen LogP contribution in [0.15, 0.2) is 30.3 Å². The average molecular weight is 379 g/mol. The van der Waals surface area contributed by atoms with E-state index in [-0.39, 0.29) is 11.9 Å². The fourth-order valence-corrected chi connectivity index (χ4v) is 3.99. The van der Waals surface area contributed by atoms with E-state index >= 15 is 0 Å². The van der Waals surface area contributed by atoms with Crippen LogP contribution in [-0.4, -0.2) is 38.1 Å². The Bertz CT molecular complexity index is 882. The van der Waals surface area contributed by atoms with Gasteiger partial charge in [-0.25, -0.2) is 0 Å². The van der Waals surface area contributed by atoms with Gasteiger partial charge in [0.05, 0.1) is 12.2 Å². The standard InChI is InChI=1S/C23H25NO4/c1-15-18(12-16-2-4-17(14-25)5-3-16)13-21(22-20(15)8-11-28-22)23(26)24-19-6-9-27-10-7-19/h2-5,13-14,19H,6-12H2,1H3,(H,24,26). The summed E-state index contributed by atoms with van der Waals surface area (Å²) in [6.45, 7) is 4.10. The summed E-state index contributed by atoms with van der Waals surface area (Å²) in [5, 5.41) is 3.15. The number of benzene rings is 2. The first-order valence-electron chi connectivity index (χ1n) is 9.86. The summed E-state index contributed by atoms with van der Waals surface area (Å²) in [5.41, 5.74) is 5.86. The van der Waals surface area contributed by atoms with Gasteiger partial charge in [-0.2, -0.15) is 0 Å². The predicted molar refractivity (Wildman–Crippen MR) is 106 cm³/mol. The second-order valence-corrected chi connectivity index (χ2v) is 7.51. The monoisotopic (exact) mass is 379 g/mol. The van der Waals surface area contributed by atoms with E-state index in [0.29, 0.717) is 30.9 Å². The summed E-state index contributed by atoms with van der Waals surface area (Å²) in [7, 11) is 0. The summed E-state index contributed by atoms with van der Waals surface area (Å²) < 4.78 is 11.2. The lowest BCUT2D eigenvalue weighted by Gasteiger charge is -2.24. The van der Waals surface area contributed by atoms with Crippen LogP contribution in [0.2, 0.25) is 0 Å². The van der Waals surface area contributed by atoms with E-state index in [0.717, 1.165) is 54.4 Å². The highest BCUT2D eigenvalue weighted by atomic mass is 16.5. The van der Waals surface area contributed by atoms with Crippen molar-refractivity contribution in [3.8, 4) is 5.75 Å². The normalized spacial score (nSPS) is 16.3. The molecule has 0 radical (unpaired) electrons. The first kappa shape index (κ1) is 18.7. The molecule has 0 aliphatic carbocycles. The van der Waals surface area contributed by atoms with E-state index in [9.17, 15) is 9.59 Å². The highest BCUT2D eigenvalue weighted by molar-refractivity contribution is 5.98. The number of nitrogens with one attached hydrogen (secondary N) is 1. The quantitative estimate of drug-likeness (QED) is 0.810. The van der Waals surface area contributed by atoms with Crippen LogP contribution in [0.4, 0.5) is 0 Å². The third kappa shape index (κ3) is 3.80. The fraction of sp³-hybridized carbons (Fsp3) is 0.391. The molecule has 0 bridgehead atoms. The number of rotatable bonds is 5. The third-order valence-corrected chi connectivity index (χ3v) is 5.68. The molecule has 146 valence electrons. The molecular formula is C23H25NO4.